The number of amides is 2. The van der Waals surface area contributed by atoms with Crippen molar-refractivity contribution in [3.63, 3.8) is 0 Å². The Hall–Kier alpha value is -3.58. The summed E-state index contributed by atoms with van der Waals surface area (Å²) in [5.41, 5.74) is 2.48. The minimum Gasteiger partial charge on any atom is -0.361 e. The van der Waals surface area contributed by atoms with Crippen molar-refractivity contribution in [3.8, 4) is 11.1 Å². The number of pyridine rings is 2. The molecule has 1 atom stereocenters. The van der Waals surface area contributed by atoms with Gasteiger partial charge >= 0.3 is 0 Å². The monoisotopic (exact) mass is 444 g/mol. The van der Waals surface area contributed by atoms with Gasteiger partial charge in [-0.25, -0.2) is 0 Å². The van der Waals surface area contributed by atoms with E-state index in [0.717, 1.165) is 16.7 Å². The molecular formula is C26H28N4O3. The normalized spacial score (nSPS) is 18.1. The minimum absolute atomic E-state index is 0.0616. The van der Waals surface area contributed by atoms with Crippen molar-refractivity contribution in [2.45, 2.75) is 18.4 Å². The fourth-order valence-corrected chi connectivity index (χ4v) is 4.27. The van der Waals surface area contributed by atoms with Gasteiger partial charge in [-0.3, -0.25) is 19.6 Å². The molecule has 0 aliphatic carbocycles. The molecule has 33 heavy (non-hydrogen) atoms. The van der Waals surface area contributed by atoms with Gasteiger partial charge in [0.2, 0.25) is 5.91 Å². The predicted octanol–water partition coefficient (Wildman–Crippen LogP) is 2.61. The number of likely N-dealkylation sites (N-methyl/N-ethyl adjacent to an activating group) is 1. The summed E-state index contributed by atoms with van der Waals surface area (Å²) < 4.78 is 6.20. The summed E-state index contributed by atoms with van der Waals surface area (Å²) >= 11 is 0. The molecule has 1 unspecified atom stereocenters. The fraction of sp³-hybridized carbons (Fsp3) is 0.308. The Morgan fingerprint density at radius 1 is 1.06 bits per heavy atom. The largest absolute Gasteiger partial charge is 0.361 e. The van der Waals surface area contributed by atoms with E-state index in [1.165, 1.54) is 0 Å². The number of morpholine rings is 1. The molecule has 170 valence electrons. The minimum atomic E-state index is -1.17. The molecule has 1 saturated heterocycles. The van der Waals surface area contributed by atoms with Crippen molar-refractivity contribution < 1.29 is 14.3 Å². The van der Waals surface area contributed by atoms with Crippen LogP contribution >= 0.6 is 0 Å². The fourth-order valence-electron chi connectivity index (χ4n) is 4.27. The van der Waals surface area contributed by atoms with Crippen LogP contribution in [0.15, 0.2) is 73.2 Å². The maximum Gasteiger partial charge on any atom is 0.256 e. The molecule has 3 heterocycles. The van der Waals surface area contributed by atoms with Crippen LogP contribution in [0.25, 0.3) is 11.1 Å². The molecule has 1 aliphatic rings. The quantitative estimate of drug-likeness (QED) is 0.584. The van der Waals surface area contributed by atoms with Crippen molar-refractivity contribution in [2.24, 2.45) is 0 Å². The standard InChI is InChI=1S/C26H28N4O3/c1-29(2)25(32)26(17-20-8-3-4-11-23(20)21-9-7-12-27-18-21)19-30(14-15-33-26)24(31)16-22-10-5-6-13-28-22/h3-13,18H,14-17,19H2,1-2H3. The lowest BCUT2D eigenvalue weighted by Crippen LogP contribution is -2.62. The van der Waals surface area contributed by atoms with Crippen LogP contribution in [0.3, 0.4) is 0 Å². The second kappa shape index (κ2) is 9.92. The molecule has 0 radical (unpaired) electrons. The van der Waals surface area contributed by atoms with Gasteiger partial charge in [-0.05, 0) is 29.3 Å². The maximum atomic E-state index is 13.4. The predicted molar refractivity (Wildman–Crippen MR) is 125 cm³/mol. The smallest absolute Gasteiger partial charge is 0.256 e. The van der Waals surface area contributed by atoms with Crippen molar-refractivity contribution in [1.29, 1.82) is 0 Å². The molecule has 0 N–H and O–H groups in total. The number of ether oxygens (including phenoxy) is 1. The SMILES string of the molecule is CN(C)C(=O)C1(Cc2ccccc2-c2cccnc2)CN(C(=O)Cc2ccccn2)CCO1. The highest BCUT2D eigenvalue weighted by Gasteiger charge is 2.46. The Morgan fingerprint density at radius 3 is 2.61 bits per heavy atom. The first-order chi connectivity index (χ1) is 16.0. The van der Waals surface area contributed by atoms with E-state index in [-0.39, 0.29) is 24.8 Å². The second-order valence-electron chi connectivity index (χ2n) is 8.43. The van der Waals surface area contributed by atoms with Crippen molar-refractivity contribution >= 4 is 11.8 Å². The summed E-state index contributed by atoms with van der Waals surface area (Å²) in [5.74, 6) is -0.215. The molecule has 3 aromatic rings. The molecule has 0 bridgehead atoms. The van der Waals surface area contributed by atoms with Crippen LogP contribution < -0.4 is 0 Å². The number of carbonyl (C=O) groups excluding carboxylic acids is 2. The van der Waals surface area contributed by atoms with Crippen LogP contribution in [0.1, 0.15) is 11.3 Å². The maximum absolute atomic E-state index is 13.4. The lowest BCUT2D eigenvalue weighted by Gasteiger charge is -2.43. The van der Waals surface area contributed by atoms with Crippen molar-refractivity contribution in [3.05, 3.63) is 84.4 Å². The summed E-state index contributed by atoms with van der Waals surface area (Å²) in [6, 6.07) is 17.4. The summed E-state index contributed by atoms with van der Waals surface area (Å²) in [6.45, 7) is 0.929. The van der Waals surface area contributed by atoms with Gasteiger partial charge in [0.25, 0.3) is 5.91 Å². The van der Waals surface area contributed by atoms with E-state index in [0.29, 0.717) is 25.3 Å². The zero-order chi connectivity index (χ0) is 23.3. The van der Waals surface area contributed by atoms with Crippen LogP contribution in [-0.4, -0.2) is 71.0 Å². The van der Waals surface area contributed by atoms with E-state index >= 15 is 0 Å². The highest BCUT2D eigenvalue weighted by atomic mass is 16.5. The van der Waals surface area contributed by atoms with Crippen LogP contribution in [0.5, 0.6) is 0 Å². The van der Waals surface area contributed by atoms with Crippen LogP contribution in [-0.2, 0) is 27.2 Å². The number of benzene rings is 1. The number of hydrogen-bond acceptors (Lipinski definition) is 5. The average molecular weight is 445 g/mol. The van der Waals surface area contributed by atoms with E-state index in [2.05, 4.69) is 9.97 Å². The number of hydrogen-bond donors (Lipinski definition) is 0. The molecule has 7 heteroatoms. The highest BCUT2D eigenvalue weighted by molar-refractivity contribution is 5.88. The van der Waals surface area contributed by atoms with Gasteiger partial charge in [0.1, 0.15) is 0 Å². The summed E-state index contributed by atoms with van der Waals surface area (Å²) in [6.07, 6.45) is 5.77. The van der Waals surface area contributed by atoms with Crippen molar-refractivity contribution in [1.82, 2.24) is 19.8 Å². The highest BCUT2D eigenvalue weighted by Crippen LogP contribution is 2.31. The van der Waals surface area contributed by atoms with Crippen LogP contribution in [0.2, 0.25) is 0 Å². The number of nitrogens with zero attached hydrogens (tertiary/aromatic N) is 4. The Labute approximate surface area is 194 Å². The molecule has 2 amide bonds. The van der Waals surface area contributed by atoms with Gasteiger partial charge in [0.05, 0.1) is 19.6 Å². The summed E-state index contributed by atoms with van der Waals surface area (Å²) in [5, 5.41) is 0. The molecule has 4 rings (SSSR count). The number of rotatable bonds is 6. The van der Waals surface area contributed by atoms with Gasteiger partial charge in [-0.1, -0.05) is 36.4 Å². The molecule has 2 aromatic heterocycles. The Bertz CT molecular complexity index is 1100. The second-order valence-corrected chi connectivity index (χ2v) is 8.43. The van der Waals surface area contributed by atoms with Gasteiger partial charge in [-0.2, -0.15) is 0 Å². The first-order valence-corrected chi connectivity index (χ1v) is 11.0. The average Bonchev–Trinajstić information content (AvgIpc) is 2.85. The Balaban J connectivity index is 1.64. The van der Waals surface area contributed by atoms with Gasteiger partial charge < -0.3 is 14.5 Å². The Morgan fingerprint density at radius 2 is 1.88 bits per heavy atom. The first-order valence-electron chi connectivity index (χ1n) is 11.0. The van der Waals surface area contributed by atoms with Gasteiger partial charge in [0, 0.05) is 56.9 Å². The molecule has 0 spiro atoms. The van der Waals surface area contributed by atoms with Crippen molar-refractivity contribution in [2.75, 3.05) is 33.8 Å². The third kappa shape index (κ3) is 5.09. The van der Waals surface area contributed by atoms with E-state index in [1.807, 2.05) is 60.8 Å². The van der Waals surface area contributed by atoms with Gasteiger partial charge in [-0.15, -0.1) is 0 Å². The topological polar surface area (TPSA) is 75.6 Å². The lowest BCUT2D eigenvalue weighted by molar-refractivity contribution is -0.172. The van der Waals surface area contributed by atoms with E-state index in [9.17, 15) is 9.59 Å². The first kappa shape index (κ1) is 22.6. The zero-order valence-corrected chi connectivity index (χ0v) is 19.0. The Kier molecular flexibility index (Phi) is 6.79. The van der Waals surface area contributed by atoms with Crippen LogP contribution in [0, 0.1) is 0 Å². The van der Waals surface area contributed by atoms with E-state index in [1.54, 1.807) is 36.3 Å². The number of carbonyl (C=O) groups is 2. The molecule has 0 saturated carbocycles. The molecule has 1 fully saturated rings. The van der Waals surface area contributed by atoms with Gasteiger partial charge in [0.15, 0.2) is 5.60 Å². The molecular weight excluding hydrogens is 416 g/mol. The van der Waals surface area contributed by atoms with E-state index in [4.69, 9.17) is 4.74 Å². The van der Waals surface area contributed by atoms with Crippen LogP contribution in [0.4, 0.5) is 0 Å². The summed E-state index contributed by atoms with van der Waals surface area (Å²) in [7, 11) is 3.43. The van der Waals surface area contributed by atoms with E-state index < -0.39 is 5.60 Å². The molecule has 1 aliphatic heterocycles. The third-order valence-electron chi connectivity index (χ3n) is 5.86. The third-order valence-corrected chi connectivity index (χ3v) is 5.86. The lowest BCUT2D eigenvalue weighted by atomic mass is 9.87. The molecule has 1 aromatic carbocycles. The summed E-state index contributed by atoms with van der Waals surface area (Å²) in [4.78, 5) is 38.3. The number of aromatic nitrogens is 2. The zero-order valence-electron chi connectivity index (χ0n) is 19.0. The molecule has 7 nitrogen and oxygen atoms in total.